The normalized spacial score (nSPS) is 23.9. The van der Waals surface area contributed by atoms with Crippen LogP contribution in [0.1, 0.15) is 66.7 Å². The maximum Gasteiger partial charge on any atom is 0.409 e. The Morgan fingerprint density at radius 1 is 0.706 bits per heavy atom. The molecule has 0 spiro atoms. The Morgan fingerprint density at radius 3 is 1.82 bits per heavy atom. The molecule has 0 aromatic rings. The third-order valence-electron chi connectivity index (χ3n) is 4.72. The summed E-state index contributed by atoms with van der Waals surface area (Å²) in [4.78, 5) is 58.9. The Balaban J connectivity index is 3.06. The van der Waals surface area contributed by atoms with E-state index in [-0.39, 0.29) is 0 Å². The summed E-state index contributed by atoms with van der Waals surface area (Å²) >= 11 is 0. The van der Waals surface area contributed by atoms with E-state index in [1.165, 1.54) is 0 Å². The van der Waals surface area contributed by atoms with Gasteiger partial charge in [0.2, 0.25) is 12.4 Å². The van der Waals surface area contributed by atoms with Crippen molar-refractivity contribution in [3.8, 4) is 0 Å². The molecular formula is C22H35NO11. The van der Waals surface area contributed by atoms with Gasteiger partial charge in [-0.1, -0.05) is 32.6 Å². The highest BCUT2D eigenvalue weighted by Crippen LogP contribution is 2.30. The third-order valence-corrected chi connectivity index (χ3v) is 4.72. The summed E-state index contributed by atoms with van der Waals surface area (Å²) in [5.41, 5.74) is 0. The van der Waals surface area contributed by atoms with Crippen LogP contribution in [0.5, 0.6) is 0 Å². The van der Waals surface area contributed by atoms with Crippen molar-refractivity contribution >= 4 is 30.0 Å². The zero-order valence-corrected chi connectivity index (χ0v) is 20.3. The van der Waals surface area contributed by atoms with Crippen molar-refractivity contribution in [2.45, 2.75) is 97.4 Å². The number of alkyl carbamates (subject to hydrolysis) is 1. The summed E-state index contributed by atoms with van der Waals surface area (Å²) in [7, 11) is 0. The second-order valence-corrected chi connectivity index (χ2v) is 7.81. The van der Waals surface area contributed by atoms with Crippen molar-refractivity contribution in [3.05, 3.63) is 0 Å². The number of nitrogens with one attached hydrogen (secondary N) is 1. The van der Waals surface area contributed by atoms with Gasteiger partial charge in [-0.3, -0.25) is 19.2 Å². The minimum absolute atomic E-state index is 0.355. The molecule has 5 atom stereocenters. The lowest BCUT2D eigenvalue weighted by atomic mass is 9.98. The largest absolute Gasteiger partial charge is 0.463 e. The molecular weight excluding hydrogens is 454 g/mol. The van der Waals surface area contributed by atoms with Gasteiger partial charge in [-0.05, 0) is 6.42 Å². The predicted octanol–water partition coefficient (Wildman–Crippen LogP) is 1.77. The molecule has 1 aliphatic rings. The quantitative estimate of drug-likeness (QED) is 0.242. The fraction of sp³-hybridized carbons (Fsp3) is 0.773. The summed E-state index contributed by atoms with van der Waals surface area (Å²) in [6, 6.07) is 0. The molecule has 34 heavy (non-hydrogen) atoms. The first-order valence-electron chi connectivity index (χ1n) is 11.3. The molecule has 0 saturated carbocycles. The molecule has 0 aromatic heterocycles. The number of rotatable bonds is 12. The lowest BCUT2D eigenvalue weighted by Gasteiger charge is -2.43. The molecule has 12 nitrogen and oxygen atoms in total. The van der Waals surface area contributed by atoms with E-state index in [1.54, 1.807) is 0 Å². The summed E-state index contributed by atoms with van der Waals surface area (Å²) in [5.74, 6) is -2.95. The maximum absolute atomic E-state index is 12.4. The third kappa shape index (κ3) is 10.8. The molecule has 0 aromatic carbocycles. The van der Waals surface area contributed by atoms with Gasteiger partial charge < -0.3 is 33.7 Å². The standard InChI is InChI=1S/C22H35NO11/c1-6-7-8-9-10-11-23-22(28)34-21-20(32-16(5)27)19(31-15(4)26)18(30-14(3)25)17(33-21)12-29-13(2)24/h17-21H,6-12H2,1-5H3,(H,23,28)/t17-,18-,19+,20+,21+/m1/s1. The summed E-state index contributed by atoms with van der Waals surface area (Å²) in [5, 5.41) is 2.58. The monoisotopic (exact) mass is 489 g/mol. The van der Waals surface area contributed by atoms with E-state index in [0.717, 1.165) is 59.8 Å². The van der Waals surface area contributed by atoms with Crippen molar-refractivity contribution in [2.24, 2.45) is 0 Å². The summed E-state index contributed by atoms with van der Waals surface area (Å²) < 4.78 is 31.7. The van der Waals surface area contributed by atoms with Crippen LogP contribution in [0, 0.1) is 0 Å². The molecule has 0 aliphatic carbocycles. The number of esters is 4. The van der Waals surface area contributed by atoms with E-state index < -0.39 is 67.3 Å². The molecule has 1 rings (SSSR count). The minimum Gasteiger partial charge on any atom is -0.463 e. The van der Waals surface area contributed by atoms with Crippen LogP contribution in [0.4, 0.5) is 4.79 Å². The van der Waals surface area contributed by atoms with Gasteiger partial charge in [-0.15, -0.1) is 0 Å². The Hall–Kier alpha value is -2.89. The zero-order valence-electron chi connectivity index (χ0n) is 20.3. The summed E-state index contributed by atoms with van der Waals surface area (Å²) in [6.45, 7) is 6.53. The topological polar surface area (TPSA) is 153 Å². The minimum atomic E-state index is -1.54. The van der Waals surface area contributed by atoms with Crippen LogP contribution in [0.25, 0.3) is 0 Å². The predicted molar refractivity (Wildman–Crippen MR) is 115 cm³/mol. The van der Waals surface area contributed by atoms with Crippen LogP contribution in [0.15, 0.2) is 0 Å². The molecule has 0 radical (unpaired) electrons. The molecule has 0 bridgehead atoms. The molecule has 1 saturated heterocycles. The van der Waals surface area contributed by atoms with Gasteiger partial charge in [0.1, 0.15) is 12.7 Å². The molecule has 194 valence electrons. The first kappa shape index (κ1) is 29.1. The highest BCUT2D eigenvalue weighted by atomic mass is 16.8. The number of hydrogen-bond donors (Lipinski definition) is 1. The highest BCUT2D eigenvalue weighted by molar-refractivity contribution is 5.69. The average molecular weight is 490 g/mol. The summed E-state index contributed by atoms with van der Waals surface area (Å²) in [6.07, 6.45) is -2.80. The number of carbonyl (C=O) groups is 5. The van der Waals surface area contributed by atoms with Crippen LogP contribution in [-0.4, -0.2) is 73.8 Å². The maximum atomic E-state index is 12.4. The Bertz CT molecular complexity index is 711. The van der Waals surface area contributed by atoms with E-state index in [4.69, 9.17) is 28.4 Å². The Kier molecular flexibility index (Phi) is 12.9. The van der Waals surface area contributed by atoms with Crippen molar-refractivity contribution in [3.63, 3.8) is 0 Å². The van der Waals surface area contributed by atoms with E-state index in [1.807, 2.05) is 0 Å². The van der Waals surface area contributed by atoms with Gasteiger partial charge in [-0.25, -0.2) is 4.79 Å². The zero-order chi connectivity index (χ0) is 25.7. The molecule has 1 amide bonds. The van der Waals surface area contributed by atoms with Crippen LogP contribution < -0.4 is 5.32 Å². The number of unbranched alkanes of at least 4 members (excludes halogenated alkanes) is 4. The highest BCUT2D eigenvalue weighted by Gasteiger charge is 2.53. The SMILES string of the molecule is CCCCCCCNC(=O)O[C@@H]1O[C@H](COC(C)=O)[C@@H](OC(C)=O)[C@H](OC(C)=O)[C@@H]1OC(C)=O. The van der Waals surface area contributed by atoms with Gasteiger partial charge >= 0.3 is 30.0 Å². The number of carbonyl (C=O) groups excluding carboxylic acids is 5. The van der Waals surface area contributed by atoms with Crippen LogP contribution in [-0.2, 0) is 47.6 Å². The Morgan fingerprint density at radius 2 is 1.26 bits per heavy atom. The van der Waals surface area contributed by atoms with Gasteiger partial charge in [0.25, 0.3) is 0 Å². The molecule has 1 heterocycles. The van der Waals surface area contributed by atoms with Crippen molar-refractivity contribution in [1.29, 1.82) is 0 Å². The van der Waals surface area contributed by atoms with Gasteiger partial charge in [-0.2, -0.15) is 0 Å². The first-order valence-corrected chi connectivity index (χ1v) is 11.3. The van der Waals surface area contributed by atoms with Crippen molar-refractivity contribution < 1.29 is 52.4 Å². The van der Waals surface area contributed by atoms with Crippen molar-refractivity contribution in [1.82, 2.24) is 5.32 Å². The van der Waals surface area contributed by atoms with Crippen LogP contribution in [0.3, 0.4) is 0 Å². The van der Waals surface area contributed by atoms with Crippen molar-refractivity contribution in [2.75, 3.05) is 13.2 Å². The second kappa shape index (κ2) is 15.1. The van der Waals surface area contributed by atoms with E-state index in [9.17, 15) is 24.0 Å². The molecule has 12 heteroatoms. The van der Waals surface area contributed by atoms with E-state index >= 15 is 0 Å². The fourth-order valence-corrected chi connectivity index (χ4v) is 3.35. The second-order valence-electron chi connectivity index (χ2n) is 7.81. The van der Waals surface area contributed by atoms with Gasteiger partial charge in [0.15, 0.2) is 12.2 Å². The first-order chi connectivity index (χ1) is 16.0. The molecule has 0 unspecified atom stereocenters. The number of ether oxygens (including phenoxy) is 6. The van der Waals surface area contributed by atoms with Crippen LogP contribution >= 0.6 is 0 Å². The molecule has 1 aliphatic heterocycles. The molecule has 1 fully saturated rings. The Labute approximate surface area is 198 Å². The smallest absolute Gasteiger partial charge is 0.409 e. The van der Waals surface area contributed by atoms with Gasteiger partial charge in [0, 0.05) is 34.2 Å². The lowest BCUT2D eigenvalue weighted by Crippen LogP contribution is -2.63. The van der Waals surface area contributed by atoms with Crippen LogP contribution in [0.2, 0.25) is 0 Å². The number of hydrogen-bond acceptors (Lipinski definition) is 11. The fourth-order valence-electron chi connectivity index (χ4n) is 3.35. The average Bonchev–Trinajstić information content (AvgIpc) is 2.72. The lowest BCUT2D eigenvalue weighted by molar-refractivity contribution is -0.294. The van der Waals surface area contributed by atoms with E-state index in [2.05, 4.69) is 12.2 Å². The number of amides is 1. The van der Waals surface area contributed by atoms with E-state index in [0.29, 0.717) is 6.54 Å². The molecule has 1 N–H and O–H groups in total. The van der Waals surface area contributed by atoms with Gasteiger partial charge in [0.05, 0.1) is 0 Å².